The van der Waals surface area contributed by atoms with Crippen LogP contribution < -0.4 is 54.2 Å². The maximum atomic E-state index is 5.87. The molecule has 12 heteroatoms. The molecule has 0 aliphatic carbocycles. The molecule has 0 aliphatic heterocycles. The van der Waals surface area contributed by atoms with Crippen molar-refractivity contribution in [1.82, 2.24) is 9.97 Å². The lowest BCUT2D eigenvalue weighted by molar-refractivity contribution is -0.617. The molecule has 12 nitrogen and oxygen atoms in total. The number of fused-ring (bicyclic) bond motifs is 8. The molecule has 0 unspecified atom stereocenters. The molecular weight excluding hydrogens is 841 g/mol. The van der Waals surface area contributed by atoms with Gasteiger partial charge in [-0.15, -0.1) is 0 Å². The normalized spacial score (nSPS) is 11.0. The summed E-state index contributed by atoms with van der Waals surface area (Å²) in [7, 11) is 7.94. The van der Waals surface area contributed by atoms with E-state index in [1.54, 1.807) is 0 Å². The van der Waals surface area contributed by atoms with E-state index >= 15 is 0 Å². The first-order valence-corrected chi connectivity index (χ1v) is 22.1. The van der Waals surface area contributed by atoms with Gasteiger partial charge in [0.1, 0.15) is 14.1 Å². The Morgan fingerprint density at radius 3 is 0.897 bits per heavy atom. The molecule has 0 fully saturated rings. The number of nitrogens with zero attached hydrogens (tertiary/aromatic N) is 4. The summed E-state index contributed by atoms with van der Waals surface area (Å²) < 4.78 is 4.30. The Hall–Kier alpha value is -9.16. The summed E-state index contributed by atoms with van der Waals surface area (Å²) in [5.74, 6) is 0. The number of hydrogen-bond acceptors (Lipinski definition) is 10. The van der Waals surface area contributed by atoms with E-state index in [1.807, 2.05) is 136 Å². The van der Waals surface area contributed by atoms with Crippen LogP contribution in [-0.2, 0) is 14.1 Å². The molecule has 14 N–H and O–H groups in total. The van der Waals surface area contributed by atoms with Gasteiger partial charge in [-0.05, 0) is 121 Å². The number of hydrogen-bond donors (Lipinski definition) is 8. The smallest absolute Gasteiger partial charge is 0.214 e. The number of aryl methyl sites for hydroxylation is 2. The molecule has 8 aromatic carbocycles. The van der Waals surface area contributed by atoms with Gasteiger partial charge in [-0.3, -0.25) is 0 Å². The minimum Gasteiger partial charge on any atom is -0.399 e. The molecular formula is C56H54N12+2. The Morgan fingerprint density at radius 1 is 0.294 bits per heavy atom. The summed E-state index contributed by atoms with van der Waals surface area (Å²) in [4.78, 5) is 9.17. The van der Waals surface area contributed by atoms with Gasteiger partial charge >= 0.3 is 0 Å². The number of aromatic nitrogens is 4. The molecule has 0 radical (unpaired) electrons. The van der Waals surface area contributed by atoms with Crippen molar-refractivity contribution < 1.29 is 9.13 Å². The molecule has 0 bridgehead atoms. The average Bonchev–Trinajstić information content (AvgIpc) is 3.34. The Labute approximate surface area is 393 Å². The number of pyridine rings is 4. The van der Waals surface area contributed by atoms with Crippen LogP contribution in [0.4, 0.5) is 45.5 Å². The molecule has 0 saturated carbocycles. The predicted molar refractivity (Wildman–Crippen MR) is 289 cm³/mol. The van der Waals surface area contributed by atoms with E-state index in [0.29, 0.717) is 0 Å². The van der Waals surface area contributed by atoms with E-state index in [2.05, 4.69) is 91.4 Å². The lowest BCUT2D eigenvalue weighted by atomic mass is 10.1. The number of benzene rings is 8. The Kier molecular flexibility index (Phi) is 11.9. The van der Waals surface area contributed by atoms with Crippen LogP contribution in [0.3, 0.4) is 0 Å². The summed E-state index contributed by atoms with van der Waals surface area (Å²) in [6.45, 7) is 0. The topological polar surface area (TPSA) is 214 Å². The molecule has 4 heterocycles. The van der Waals surface area contributed by atoms with E-state index in [4.69, 9.17) is 34.4 Å². The van der Waals surface area contributed by atoms with Crippen LogP contribution in [0.25, 0.3) is 87.2 Å². The van der Waals surface area contributed by atoms with Crippen molar-refractivity contribution in [2.45, 2.75) is 0 Å². The Bertz CT molecular complexity index is 3770. The zero-order chi connectivity index (χ0) is 47.6. The molecule has 0 amide bonds. The molecule has 68 heavy (non-hydrogen) atoms. The van der Waals surface area contributed by atoms with E-state index in [1.165, 1.54) is 27.1 Å². The highest BCUT2D eigenvalue weighted by Crippen LogP contribution is 2.26. The van der Waals surface area contributed by atoms with Gasteiger partial charge in [0.15, 0.2) is 0 Å². The van der Waals surface area contributed by atoms with E-state index in [9.17, 15) is 0 Å². The van der Waals surface area contributed by atoms with E-state index in [0.717, 1.165) is 106 Å². The second kappa shape index (κ2) is 18.4. The minimum absolute atomic E-state index is 0.725. The van der Waals surface area contributed by atoms with Crippen LogP contribution in [0.5, 0.6) is 0 Å². The van der Waals surface area contributed by atoms with Gasteiger partial charge in [0.2, 0.25) is 22.1 Å². The fourth-order valence-electron chi connectivity index (χ4n) is 8.48. The molecule has 336 valence electrons. The molecule has 12 aromatic rings. The summed E-state index contributed by atoms with van der Waals surface area (Å²) >= 11 is 0. The van der Waals surface area contributed by atoms with Gasteiger partial charge in [0.05, 0.1) is 22.1 Å². The molecule has 0 saturated heterocycles. The standard InChI is InChI=1S/C15H15N3.2C14H13N3.C13H11N3/c1-17-13-6-4-11-7-10-3-5-12(16)8-14(10)18(2)15(11)9-13;1-17-13-7-11(15)4-2-9(13)6-10-3-5-12(16)8-14(10)17;1-16-12-5-3-10-6-9-2-4-11(15)7-13(9)17-14(10)8-12;14-10-3-1-8-5-9-2-4-11(15)7-13(9)16-12(8)6-10/h3-9H,1-2H3,(H2,16,17);2-8H,1H3,(H3,15,16);2-8,16H,15H2,1H3;1-7H,14-15H2/p+2. The van der Waals surface area contributed by atoms with Crippen LogP contribution in [0, 0.1) is 0 Å². The fourth-order valence-corrected chi connectivity index (χ4v) is 8.48. The predicted octanol–water partition coefficient (Wildman–Crippen LogP) is 9.99. The zero-order valence-corrected chi connectivity index (χ0v) is 38.4. The SMILES string of the molecule is CNc1ccc2cc3ccc(N)cc3[n+](C)c2c1.CNc1ccc2cc3ccc(N)cc3nc2c1.C[n+]1c2cc(N)ccc2cc2ccc(N)cc21.Nc1ccc2cc3ccc(N)cc3nc2c1. The quantitative estimate of drug-likeness (QED) is 0.0467. The third-order valence-electron chi connectivity index (χ3n) is 12.1. The third kappa shape index (κ3) is 9.19. The van der Waals surface area contributed by atoms with E-state index < -0.39 is 0 Å². The Morgan fingerprint density at radius 2 is 0.544 bits per heavy atom. The van der Waals surface area contributed by atoms with Crippen molar-refractivity contribution in [2.24, 2.45) is 14.1 Å². The van der Waals surface area contributed by atoms with E-state index in [-0.39, 0.29) is 0 Å². The van der Waals surface area contributed by atoms with Gasteiger partial charge in [-0.25, -0.2) is 9.97 Å². The largest absolute Gasteiger partial charge is 0.399 e. The number of nitrogen functional groups attached to an aromatic ring is 6. The third-order valence-corrected chi connectivity index (χ3v) is 12.1. The monoisotopic (exact) mass is 894 g/mol. The summed E-state index contributed by atoms with van der Waals surface area (Å²) in [5, 5.41) is 15.5. The lowest BCUT2D eigenvalue weighted by Gasteiger charge is -2.05. The number of anilines is 8. The summed E-state index contributed by atoms with van der Waals surface area (Å²) in [6.07, 6.45) is 0. The summed E-state index contributed by atoms with van der Waals surface area (Å²) in [5.41, 5.74) is 49.8. The van der Waals surface area contributed by atoms with Crippen molar-refractivity contribution in [3.8, 4) is 0 Å². The first-order chi connectivity index (χ1) is 32.8. The van der Waals surface area contributed by atoms with Crippen molar-refractivity contribution in [3.63, 3.8) is 0 Å². The van der Waals surface area contributed by atoms with Crippen LogP contribution in [-0.4, -0.2) is 24.1 Å². The molecule has 0 aliphatic rings. The molecule has 0 spiro atoms. The van der Waals surface area contributed by atoms with Gasteiger partial charge in [-0.2, -0.15) is 9.13 Å². The second-order valence-electron chi connectivity index (χ2n) is 16.9. The van der Waals surface area contributed by atoms with Gasteiger partial charge in [0.25, 0.3) is 0 Å². The number of rotatable bonds is 2. The average molecular weight is 895 g/mol. The maximum absolute atomic E-state index is 5.87. The second-order valence-corrected chi connectivity index (χ2v) is 16.9. The van der Waals surface area contributed by atoms with Crippen LogP contribution in [0.1, 0.15) is 0 Å². The van der Waals surface area contributed by atoms with Crippen LogP contribution >= 0.6 is 0 Å². The number of nitrogens with one attached hydrogen (secondary N) is 2. The molecule has 0 atom stereocenters. The number of nitrogens with two attached hydrogens (primary N) is 6. The maximum Gasteiger partial charge on any atom is 0.214 e. The minimum atomic E-state index is 0.725. The van der Waals surface area contributed by atoms with Crippen molar-refractivity contribution in [3.05, 3.63) is 170 Å². The highest BCUT2D eigenvalue weighted by atomic mass is 14.9. The fraction of sp³-hybridized carbons (Fsp3) is 0.0714. The van der Waals surface area contributed by atoms with Gasteiger partial charge in [-0.1, -0.05) is 24.3 Å². The summed E-state index contributed by atoms with van der Waals surface area (Å²) in [6, 6.07) is 56.3. The lowest BCUT2D eigenvalue weighted by Crippen LogP contribution is -2.30. The Balaban J connectivity index is 0.000000113. The zero-order valence-electron chi connectivity index (χ0n) is 38.4. The first kappa shape index (κ1) is 44.1. The van der Waals surface area contributed by atoms with Crippen LogP contribution in [0.15, 0.2) is 170 Å². The van der Waals surface area contributed by atoms with Crippen molar-refractivity contribution in [2.75, 3.05) is 59.1 Å². The van der Waals surface area contributed by atoms with Gasteiger partial charge in [0, 0.05) is 127 Å². The van der Waals surface area contributed by atoms with Crippen molar-refractivity contribution in [1.29, 1.82) is 0 Å². The first-order valence-electron chi connectivity index (χ1n) is 22.1. The molecule has 12 rings (SSSR count). The van der Waals surface area contributed by atoms with Gasteiger partial charge < -0.3 is 45.0 Å². The van der Waals surface area contributed by atoms with Crippen molar-refractivity contribution >= 4 is 133 Å². The van der Waals surface area contributed by atoms with Crippen LogP contribution in [0.2, 0.25) is 0 Å². The highest BCUT2D eigenvalue weighted by Gasteiger charge is 2.14. The molecule has 4 aromatic heterocycles. The highest BCUT2D eigenvalue weighted by molar-refractivity contribution is 5.97.